The number of hydrogen-bond acceptors (Lipinski definition) is 2. The maximum absolute atomic E-state index is 13.7. The number of aliphatic hydroxyl groups is 1. The van der Waals surface area contributed by atoms with Crippen molar-refractivity contribution in [3.8, 4) is 5.75 Å². The summed E-state index contributed by atoms with van der Waals surface area (Å²) in [7, 11) is 0. The van der Waals surface area contributed by atoms with Crippen LogP contribution in [0.25, 0.3) is 0 Å². The molecule has 0 bridgehead atoms. The van der Waals surface area contributed by atoms with E-state index in [1.54, 1.807) is 25.1 Å². The first-order valence-corrected chi connectivity index (χ1v) is 7.27. The van der Waals surface area contributed by atoms with Crippen LogP contribution in [0.4, 0.5) is 4.39 Å². The Morgan fingerprint density at radius 2 is 1.81 bits per heavy atom. The number of hydrogen-bond donors (Lipinski definition) is 1. The Morgan fingerprint density at radius 3 is 2.43 bits per heavy atom. The summed E-state index contributed by atoms with van der Waals surface area (Å²) in [6, 6.07) is 14.0. The van der Waals surface area contributed by atoms with Crippen LogP contribution in [-0.4, -0.2) is 11.2 Å². The van der Waals surface area contributed by atoms with Gasteiger partial charge in [0.2, 0.25) is 0 Å². The molecule has 0 radical (unpaired) electrons. The van der Waals surface area contributed by atoms with E-state index >= 15 is 0 Å². The van der Waals surface area contributed by atoms with Crippen molar-refractivity contribution >= 4 is 0 Å². The minimum atomic E-state index is -1.11. The molecule has 0 spiro atoms. The van der Waals surface area contributed by atoms with Gasteiger partial charge in [-0.1, -0.05) is 30.3 Å². The lowest BCUT2D eigenvalue weighted by atomic mass is 9.89. The van der Waals surface area contributed by atoms with Crippen molar-refractivity contribution in [2.24, 2.45) is 0 Å². The molecule has 1 atom stereocenters. The zero-order valence-electron chi connectivity index (χ0n) is 12.1. The highest BCUT2D eigenvalue weighted by molar-refractivity contribution is 5.32. The van der Waals surface area contributed by atoms with Gasteiger partial charge in [0, 0.05) is 6.42 Å². The van der Waals surface area contributed by atoms with E-state index in [1.165, 1.54) is 6.07 Å². The molecule has 1 unspecified atom stereocenters. The summed E-state index contributed by atoms with van der Waals surface area (Å²) in [6.45, 7) is 1.70. The summed E-state index contributed by atoms with van der Waals surface area (Å²) in [5, 5.41) is 10.6. The molecule has 1 saturated carbocycles. The predicted molar refractivity (Wildman–Crippen MR) is 79.8 cm³/mol. The largest absolute Gasteiger partial charge is 0.490 e. The van der Waals surface area contributed by atoms with Crippen molar-refractivity contribution in [3.63, 3.8) is 0 Å². The third-order valence-corrected chi connectivity index (χ3v) is 3.80. The zero-order chi connectivity index (χ0) is 14.9. The molecule has 2 aromatic rings. The van der Waals surface area contributed by atoms with Crippen LogP contribution in [0.2, 0.25) is 0 Å². The summed E-state index contributed by atoms with van der Waals surface area (Å²) >= 11 is 0. The van der Waals surface area contributed by atoms with Gasteiger partial charge in [0.1, 0.15) is 11.6 Å². The van der Waals surface area contributed by atoms with E-state index < -0.39 is 5.60 Å². The molecule has 1 N–H and O–H groups in total. The Morgan fingerprint density at radius 1 is 1.14 bits per heavy atom. The van der Waals surface area contributed by atoms with Gasteiger partial charge in [0.05, 0.1) is 11.7 Å². The second kappa shape index (κ2) is 5.49. The SMILES string of the molecule is CC(O)(Cc1ccccc1F)c1ccc(OC2CC2)cc1. The average Bonchev–Trinajstić information content (AvgIpc) is 3.26. The highest BCUT2D eigenvalue weighted by atomic mass is 19.1. The van der Waals surface area contributed by atoms with Crippen LogP contribution in [0.3, 0.4) is 0 Å². The minimum absolute atomic E-state index is 0.239. The van der Waals surface area contributed by atoms with Crippen LogP contribution < -0.4 is 4.74 Å². The molecule has 3 heteroatoms. The standard InChI is InChI=1S/C18H19FO2/c1-18(20,12-13-4-2-3-5-17(13)19)14-6-8-15(9-7-14)21-16-10-11-16/h2-9,16,20H,10-12H2,1H3. The molecule has 21 heavy (non-hydrogen) atoms. The predicted octanol–water partition coefficient (Wildman–Crippen LogP) is 3.82. The molecule has 3 rings (SSSR count). The van der Waals surface area contributed by atoms with Crippen LogP contribution in [0, 0.1) is 5.82 Å². The van der Waals surface area contributed by atoms with E-state index in [1.807, 2.05) is 24.3 Å². The number of ether oxygens (including phenoxy) is 1. The van der Waals surface area contributed by atoms with Gasteiger partial charge in [-0.15, -0.1) is 0 Å². The molecule has 0 heterocycles. The summed E-state index contributed by atoms with van der Waals surface area (Å²) in [6.07, 6.45) is 2.83. The average molecular weight is 286 g/mol. The van der Waals surface area contributed by atoms with Gasteiger partial charge >= 0.3 is 0 Å². The Hall–Kier alpha value is -1.87. The van der Waals surface area contributed by atoms with Gasteiger partial charge in [-0.25, -0.2) is 4.39 Å². The van der Waals surface area contributed by atoms with Crippen LogP contribution in [0.5, 0.6) is 5.75 Å². The highest BCUT2D eigenvalue weighted by Crippen LogP contribution is 2.30. The molecule has 0 amide bonds. The van der Waals surface area contributed by atoms with Gasteiger partial charge in [-0.3, -0.25) is 0 Å². The molecule has 2 nitrogen and oxygen atoms in total. The van der Waals surface area contributed by atoms with Gasteiger partial charge in [-0.2, -0.15) is 0 Å². The maximum Gasteiger partial charge on any atom is 0.126 e. The smallest absolute Gasteiger partial charge is 0.126 e. The van der Waals surface area contributed by atoms with E-state index in [9.17, 15) is 9.50 Å². The van der Waals surface area contributed by atoms with E-state index in [-0.39, 0.29) is 12.2 Å². The molecule has 0 aromatic heterocycles. The second-order valence-corrected chi connectivity index (χ2v) is 5.88. The number of halogens is 1. The quantitative estimate of drug-likeness (QED) is 0.905. The van der Waals surface area contributed by atoms with Crippen LogP contribution >= 0.6 is 0 Å². The van der Waals surface area contributed by atoms with Crippen LogP contribution in [0.15, 0.2) is 48.5 Å². The Labute approximate surface area is 124 Å². The number of benzene rings is 2. The molecule has 2 aromatic carbocycles. The summed E-state index contributed by atoms with van der Waals surface area (Å²) in [4.78, 5) is 0. The normalized spacial score (nSPS) is 17.3. The first kappa shape index (κ1) is 14.1. The summed E-state index contributed by atoms with van der Waals surface area (Å²) in [5.41, 5.74) is 0.162. The van der Waals surface area contributed by atoms with Crippen LogP contribution in [0.1, 0.15) is 30.9 Å². The monoisotopic (exact) mass is 286 g/mol. The van der Waals surface area contributed by atoms with Crippen molar-refractivity contribution in [2.75, 3.05) is 0 Å². The van der Waals surface area contributed by atoms with Crippen LogP contribution in [-0.2, 0) is 12.0 Å². The Kier molecular flexibility index (Phi) is 3.68. The molecule has 1 fully saturated rings. The fourth-order valence-corrected chi connectivity index (χ4v) is 2.39. The molecule has 1 aliphatic carbocycles. The van der Waals surface area contributed by atoms with E-state index in [0.717, 1.165) is 24.2 Å². The van der Waals surface area contributed by atoms with E-state index in [4.69, 9.17) is 4.74 Å². The third kappa shape index (κ3) is 3.42. The van der Waals surface area contributed by atoms with Gasteiger partial charge in [0.25, 0.3) is 0 Å². The lowest BCUT2D eigenvalue weighted by Crippen LogP contribution is -2.24. The summed E-state index contributed by atoms with van der Waals surface area (Å²) < 4.78 is 19.4. The molecule has 1 aliphatic rings. The molecule has 110 valence electrons. The van der Waals surface area contributed by atoms with Crippen molar-refractivity contribution in [1.29, 1.82) is 0 Å². The molecular weight excluding hydrogens is 267 g/mol. The number of rotatable bonds is 5. The Bertz CT molecular complexity index is 615. The first-order valence-electron chi connectivity index (χ1n) is 7.27. The maximum atomic E-state index is 13.7. The van der Waals surface area contributed by atoms with Crippen molar-refractivity contribution in [3.05, 3.63) is 65.5 Å². The first-order chi connectivity index (χ1) is 10.0. The van der Waals surface area contributed by atoms with Gasteiger partial charge in [-0.05, 0) is 49.1 Å². The topological polar surface area (TPSA) is 29.5 Å². The zero-order valence-corrected chi connectivity index (χ0v) is 12.1. The van der Waals surface area contributed by atoms with Crippen molar-refractivity contribution in [1.82, 2.24) is 0 Å². The van der Waals surface area contributed by atoms with Crippen molar-refractivity contribution in [2.45, 2.75) is 37.9 Å². The highest BCUT2D eigenvalue weighted by Gasteiger charge is 2.26. The fraction of sp³-hybridized carbons (Fsp3) is 0.333. The minimum Gasteiger partial charge on any atom is -0.490 e. The second-order valence-electron chi connectivity index (χ2n) is 5.88. The third-order valence-electron chi connectivity index (χ3n) is 3.80. The molecule has 0 aliphatic heterocycles. The Balaban J connectivity index is 1.75. The van der Waals surface area contributed by atoms with Crippen molar-refractivity contribution < 1.29 is 14.2 Å². The van der Waals surface area contributed by atoms with E-state index in [0.29, 0.717) is 11.7 Å². The van der Waals surface area contributed by atoms with Gasteiger partial charge < -0.3 is 9.84 Å². The lowest BCUT2D eigenvalue weighted by Gasteiger charge is -2.24. The fourth-order valence-electron chi connectivity index (χ4n) is 2.39. The molecular formula is C18H19FO2. The van der Waals surface area contributed by atoms with Gasteiger partial charge in [0.15, 0.2) is 0 Å². The molecule has 0 saturated heterocycles. The summed E-state index contributed by atoms with van der Waals surface area (Å²) in [5.74, 6) is 0.536. The lowest BCUT2D eigenvalue weighted by molar-refractivity contribution is 0.0566. The van der Waals surface area contributed by atoms with E-state index in [2.05, 4.69) is 0 Å².